The summed E-state index contributed by atoms with van der Waals surface area (Å²) in [6, 6.07) is 17.6. The number of fused-ring (bicyclic) bond motifs is 1. The van der Waals surface area contributed by atoms with Crippen LogP contribution in [0.3, 0.4) is 0 Å². The molecule has 140 valence electrons. The lowest BCUT2D eigenvalue weighted by atomic mass is 10.1. The van der Waals surface area contributed by atoms with Crippen LogP contribution in [0.5, 0.6) is 17.2 Å². The summed E-state index contributed by atoms with van der Waals surface area (Å²) in [5.41, 5.74) is 3.51. The molecule has 0 bridgehead atoms. The molecule has 0 radical (unpaired) electrons. The Morgan fingerprint density at radius 1 is 0.679 bits per heavy atom. The Hall–Kier alpha value is -3.60. The van der Waals surface area contributed by atoms with Crippen LogP contribution in [0.4, 0.5) is 5.69 Å². The number of hydrogen-bond donors (Lipinski definition) is 0. The summed E-state index contributed by atoms with van der Waals surface area (Å²) < 4.78 is 11.0. The Morgan fingerprint density at radius 3 is 1.96 bits per heavy atom. The summed E-state index contributed by atoms with van der Waals surface area (Å²) in [4.78, 5) is 26.8. The molecule has 0 fully saturated rings. The first-order valence-corrected chi connectivity index (χ1v) is 8.90. The number of methoxy groups -OCH3 is 1. The highest BCUT2D eigenvalue weighted by Crippen LogP contribution is 2.33. The summed E-state index contributed by atoms with van der Waals surface area (Å²) in [5, 5.41) is 0. The summed E-state index contributed by atoms with van der Waals surface area (Å²) >= 11 is 0. The monoisotopic (exact) mass is 373 g/mol. The van der Waals surface area contributed by atoms with Gasteiger partial charge in [-0.25, -0.2) is 4.90 Å². The Balaban J connectivity index is 1.63. The second-order valence-corrected chi connectivity index (χ2v) is 6.70. The second-order valence-electron chi connectivity index (χ2n) is 6.70. The number of carbonyl (C=O) groups excluding carboxylic acids is 2. The molecule has 1 aliphatic heterocycles. The molecule has 0 spiro atoms. The first-order valence-electron chi connectivity index (χ1n) is 8.90. The van der Waals surface area contributed by atoms with E-state index in [4.69, 9.17) is 9.47 Å². The quantitative estimate of drug-likeness (QED) is 0.610. The summed E-state index contributed by atoms with van der Waals surface area (Å²) in [6.45, 7) is 4.05. The molecule has 0 saturated heterocycles. The van der Waals surface area contributed by atoms with Gasteiger partial charge in [-0.1, -0.05) is 6.07 Å². The van der Waals surface area contributed by atoms with Crippen molar-refractivity contribution in [3.63, 3.8) is 0 Å². The van der Waals surface area contributed by atoms with Crippen LogP contribution in [0.1, 0.15) is 31.8 Å². The van der Waals surface area contributed by atoms with Crippen molar-refractivity contribution in [2.24, 2.45) is 0 Å². The van der Waals surface area contributed by atoms with E-state index in [0.717, 1.165) is 5.56 Å². The van der Waals surface area contributed by atoms with Crippen molar-refractivity contribution in [1.29, 1.82) is 0 Å². The maximum atomic E-state index is 12.9. The van der Waals surface area contributed by atoms with Gasteiger partial charge >= 0.3 is 0 Å². The van der Waals surface area contributed by atoms with Gasteiger partial charge in [0.1, 0.15) is 17.2 Å². The Bertz CT molecular complexity index is 1090. The normalized spacial score (nSPS) is 12.9. The van der Waals surface area contributed by atoms with E-state index < -0.39 is 0 Å². The van der Waals surface area contributed by atoms with Gasteiger partial charge in [-0.05, 0) is 79.6 Å². The molecule has 28 heavy (non-hydrogen) atoms. The van der Waals surface area contributed by atoms with Crippen LogP contribution in [0.25, 0.3) is 0 Å². The molecule has 0 unspecified atom stereocenters. The van der Waals surface area contributed by atoms with Crippen molar-refractivity contribution in [1.82, 2.24) is 0 Å². The van der Waals surface area contributed by atoms with Crippen LogP contribution in [-0.2, 0) is 0 Å². The number of hydrogen-bond acceptors (Lipinski definition) is 4. The smallest absolute Gasteiger partial charge is 0.266 e. The SMILES string of the molecule is COc1ccc(N2C(=O)c3ccc(Oc4ccc(C)c(C)c4)cc3C2=O)cc1. The third-order valence-corrected chi connectivity index (χ3v) is 4.90. The molecule has 5 nitrogen and oxygen atoms in total. The lowest BCUT2D eigenvalue weighted by Crippen LogP contribution is -2.29. The van der Waals surface area contributed by atoms with E-state index in [1.165, 1.54) is 10.5 Å². The van der Waals surface area contributed by atoms with E-state index in [2.05, 4.69) is 0 Å². The Kier molecular flexibility index (Phi) is 4.35. The zero-order valence-corrected chi connectivity index (χ0v) is 15.9. The fraction of sp³-hybridized carbons (Fsp3) is 0.130. The van der Waals surface area contributed by atoms with Crippen LogP contribution >= 0.6 is 0 Å². The third kappa shape index (κ3) is 3.01. The molecule has 4 rings (SSSR count). The van der Waals surface area contributed by atoms with Crippen molar-refractivity contribution in [2.45, 2.75) is 13.8 Å². The maximum absolute atomic E-state index is 12.9. The molecule has 0 atom stereocenters. The van der Waals surface area contributed by atoms with Crippen molar-refractivity contribution >= 4 is 17.5 Å². The van der Waals surface area contributed by atoms with E-state index in [1.54, 1.807) is 49.6 Å². The second kappa shape index (κ2) is 6.85. The molecule has 1 heterocycles. The van der Waals surface area contributed by atoms with Crippen LogP contribution in [0, 0.1) is 13.8 Å². The number of carbonyl (C=O) groups is 2. The fourth-order valence-electron chi connectivity index (χ4n) is 3.16. The van der Waals surface area contributed by atoms with Gasteiger partial charge in [0, 0.05) is 0 Å². The Morgan fingerprint density at radius 2 is 1.29 bits per heavy atom. The van der Waals surface area contributed by atoms with Crippen LogP contribution < -0.4 is 14.4 Å². The number of benzene rings is 3. The van der Waals surface area contributed by atoms with Crippen LogP contribution in [0.2, 0.25) is 0 Å². The van der Waals surface area contributed by atoms with E-state index in [0.29, 0.717) is 34.1 Å². The number of aryl methyl sites for hydroxylation is 2. The topological polar surface area (TPSA) is 55.8 Å². The van der Waals surface area contributed by atoms with Gasteiger partial charge in [0.25, 0.3) is 11.8 Å². The molecule has 2 amide bonds. The molecular formula is C23H19NO4. The molecular weight excluding hydrogens is 354 g/mol. The third-order valence-electron chi connectivity index (χ3n) is 4.90. The fourth-order valence-corrected chi connectivity index (χ4v) is 3.16. The van der Waals surface area contributed by atoms with Crippen molar-refractivity contribution < 1.29 is 19.1 Å². The molecule has 3 aromatic rings. The minimum absolute atomic E-state index is 0.335. The molecule has 0 aliphatic carbocycles. The van der Waals surface area contributed by atoms with Crippen LogP contribution in [0.15, 0.2) is 60.7 Å². The standard InChI is InChI=1S/C23H19NO4/c1-14-4-7-18(12-15(14)2)28-19-10-11-20-21(13-19)23(26)24(22(20)25)16-5-8-17(27-3)9-6-16/h4-13H,1-3H3. The first-order chi connectivity index (χ1) is 13.5. The molecule has 0 saturated carbocycles. The maximum Gasteiger partial charge on any atom is 0.266 e. The minimum atomic E-state index is -0.365. The summed E-state index contributed by atoms with van der Waals surface area (Å²) in [5.74, 6) is 1.15. The van der Waals surface area contributed by atoms with Crippen molar-refractivity contribution in [2.75, 3.05) is 12.0 Å². The highest BCUT2D eigenvalue weighted by atomic mass is 16.5. The van der Waals surface area contributed by atoms with Crippen molar-refractivity contribution in [3.05, 3.63) is 82.9 Å². The molecule has 5 heteroatoms. The van der Waals surface area contributed by atoms with E-state index >= 15 is 0 Å². The number of nitrogens with zero attached hydrogens (tertiary/aromatic N) is 1. The zero-order valence-electron chi connectivity index (χ0n) is 15.9. The van der Waals surface area contributed by atoms with Gasteiger partial charge in [0.15, 0.2) is 0 Å². The van der Waals surface area contributed by atoms with E-state index in [-0.39, 0.29) is 11.8 Å². The molecule has 0 aromatic heterocycles. The van der Waals surface area contributed by atoms with E-state index in [9.17, 15) is 9.59 Å². The van der Waals surface area contributed by atoms with Gasteiger partial charge in [0.2, 0.25) is 0 Å². The average Bonchev–Trinajstić information content (AvgIpc) is 2.95. The van der Waals surface area contributed by atoms with Crippen molar-refractivity contribution in [3.8, 4) is 17.2 Å². The van der Waals surface area contributed by atoms with E-state index in [1.807, 2.05) is 32.0 Å². The number of imide groups is 1. The van der Waals surface area contributed by atoms with Gasteiger partial charge < -0.3 is 9.47 Å². The minimum Gasteiger partial charge on any atom is -0.497 e. The predicted molar refractivity (Wildman–Crippen MR) is 107 cm³/mol. The molecule has 1 aliphatic rings. The lowest BCUT2D eigenvalue weighted by molar-refractivity contribution is 0.0926. The van der Waals surface area contributed by atoms with Gasteiger partial charge in [0.05, 0.1) is 23.9 Å². The predicted octanol–water partition coefficient (Wildman–Crippen LogP) is 4.90. The van der Waals surface area contributed by atoms with Gasteiger partial charge in [-0.2, -0.15) is 0 Å². The number of rotatable bonds is 4. The zero-order chi connectivity index (χ0) is 19.8. The molecule has 0 N–H and O–H groups in total. The molecule has 3 aromatic carbocycles. The highest BCUT2D eigenvalue weighted by molar-refractivity contribution is 6.34. The first kappa shape index (κ1) is 17.8. The van der Waals surface area contributed by atoms with Crippen LogP contribution in [-0.4, -0.2) is 18.9 Å². The number of anilines is 1. The van der Waals surface area contributed by atoms with Gasteiger partial charge in [-0.15, -0.1) is 0 Å². The lowest BCUT2D eigenvalue weighted by Gasteiger charge is -2.14. The van der Waals surface area contributed by atoms with Gasteiger partial charge in [-0.3, -0.25) is 9.59 Å². The number of amides is 2. The summed E-state index contributed by atoms with van der Waals surface area (Å²) in [7, 11) is 1.56. The highest BCUT2D eigenvalue weighted by Gasteiger charge is 2.37. The summed E-state index contributed by atoms with van der Waals surface area (Å²) in [6.07, 6.45) is 0. The average molecular weight is 373 g/mol. The largest absolute Gasteiger partial charge is 0.497 e. The number of ether oxygens (including phenoxy) is 2. The Labute approximate surface area is 163 Å².